The molecule has 0 unspecified atom stereocenters. The summed E-state index contributed by atoms with van der Waals surface area (Å²) in [4.78, 5) is 0. The van der Waals surface area contributed by atoms with Crippen LogP contribution in [0.5, 0.6) is 11.5 Å². The molecule has 0 radical (unpaired) electrons. The molecule has 0 spiro atoms. The molecule has 3 aromatic rings. The maximum absolute atomic E-state index is 6.45. The Kier molecular flexibility index (Phi) is 6.95. The molecule has 0 amide bonds. The number of ether oxygens (including phenoxy) is 2. The van der Waals surface area contributed by atoms with Crippen LogP contribution in [0.1, 0.15) is 25.8 Å². The van der Waals surface area contributed by atoms with Crippen LogP contribution in [0.4, 0.5) is 0 Å². The van der Waals surface area contributed by atoms with Crippen LogP contribution in [0.25, 0.3) is 11.4 Å². The van der Waals surface area contributed by atoms with Crippen molar-refractivity contribution in [1.29, 1.82) is 0 Å². The summed E-state index contributed by atoms with van der Waals surface area (Å²) in [6.45, 7) is 5.58. The molecule has 6 nitrogen and oxygen atoms in total. The molecule has 0 fully saturated rings. The largest absolute Gasteiger partial charge is 0.490 e. The molecule has 0 aliphatic heterocycles. The van der Waals surface area contributed by atoms with Gasteiger partial charge in [-0.3, -0.25) is 0 Å². The van der Waals surface area contributed by atoms with Gasteiger partial charge < -0.3 is 14.9 Å². The number of rotatable bonds is 9. The van der Waals surface area contributed by atoms with Crippen LogP contribution in [0.3, 0.4) is 0 Å². The number of nitrogens with one attached hydrogen (secondary N) is 2. The zero-order valence-corrected chi connectivity index (χ0v) is 17.4. The highest BCUT2D eigenvalue weighted by Gasteiger charge is 2.14. The molecule has 0 saturated heterocycles. The zero-order chi connectivity index (χ0) is 19.9. The summed E-state index contributed by atoms with van der Waals surface area (Å²) < 4.78 is 13.7. The Balaban J connectivity index is 1.84. The number of nitrogens with zero attached hydrogens (tertiary/aromatic N) is 2. The number of halogens is 1. The number of H-pyrrole nitrogens is 1. The highest BCUT2D eigenvalue weighted by atomic mass is 35.5. The normalized spacial score (nSPS) is 10.7. The molecule has 0 bridgehead atoms. The first kappa shape index (κ1) is 20.2. The third-order valence-corrected chi connectivity index (χ3v) is 4.52. The fourth-order valence-electron chi connectivity index (χ4n) is 2.73. The van der Waals surface area contributed by atoms with Gasteiger partial charge in [0, 0.05) is 5.56 Å². The van der Waals surface area contributed by atoms with Gasteiger partial charge >= 0.3 is 0 Å². The smallest absolute Gasteiger partial charge is 0.214 e. The maximum atomic E-state index is 6.45. The first-order chi connectivity index (χ1) is 13.6. The average Bonchev–Trinajstić information content (AvgIpc) is 3.07. The number of hydrogen-bond donors (Lipinski definition) is 2. The van der Waals surface area contributed by atoms with Gasteiger partial charge in [0.05, 0.1) is 24.8 Å². The van der Waals surface area contributed by atoms with Crippen LogP contribution in [0.2, 0.25) is 5.02 Å². The second-order valence-electron chi connectivity index (χ2n) is 6.08. The van der Waals surface area contributed by atoms with Gasteiger partial charge in [0.15, 0.2) is 17.3 Å². The Morgan fingerprint density at radius 3 is 2.68 bits per heavy atom. The highest BCUT2D eigenvalue weighted by molar-refractivity contribution is 7.71. The predicted molar refractivity (Wildman–Crippen MR) is 114 cm³/mol. The van der Waals surface area contributed by atoms with E-state index in [-0.39, 0.29) is 0 Å². The van der Waals surface area contributed by atoms with E-state index in [1.165, 1.54) is 0 Å². The van der Waals surface area contributed by atoms with E-state index >= 15 is 0 Å². The summed E-state index contributed by atoms with van der Waals surface area (Å²) in [5.74, 6) is 1.93. The van der Waals surface area contributed by atoms with Gasteiger partial charge in [0.1, 0.15) is 0 Å². The van der Waals surface area contributed by atoms with Crippen molar-refractivity contribution in [2.45, 2.75) is 26.8 Å². The molecule has 1 aromatic heterocycles. The fraction of sp³-hybridized carbons (Fsp3) is 0.300. The monoisotopic (exact) mass is 418 g/mol. The van der Waals surface area contributed by atoms with Crippen molar-refractivity contribution in [2.24, 2.45) is 0 Å². The Morgan fingerprint density at radius 1 is 1.18 bits per heavy atom. The number of aromatic nitrogens is 3. The Morgan fingerprint density at radius 2 is 1.96 bits per heavy atom. The lowest BCUT2D eigenvalue weighted by Crippen LogP contribution is -2.16. The second-order valence-corrected chi connectivity index (χ2v) is 6.87. The Hall–Kier alpha value is -2.51. The standard InChI is InChI=1S/C20H23ClN4O2S/c1-3-10-27-18-16(21)11-14(12-17(18)26-4-2)13-22-25-19(23-24-20(25)28)15-8-6-5-7-9-15/h5-9,11-12,22H,3-4,10,13H2,1-2H3,(H,24,28). The van der Waals surface area contributed by atoms with Gasteiger partial charge in [0.25, 0.3) is 0 Å². The first-order valence-electron chi connectivity index (χ1n) is 9.18. The van der Waals surface area contributed by atoms with Gasteiger partial charge in [-0.15, -0.1) is 0 Å². The van der Waals surface area contributed by atoms with Gasteiger partial charge in [0.2, 0.25) is 4.77 Å². The minimum absolute atomic E-state index is 0.484. The summed E-state index contributed by atoms with van der Waals surface area (Å²) in [5, 5.41) is 7.68. The van der Waals surface area contributed by atoms with E-state index in [0.29, 0.717) is 46.9 Å². The molecule has 0 aliphatic carbocycles. The SMILES string of the molecule is CCCOc1c(Cl)cc(CNn2c(-c3ccccc3)n[nH]c2=S)cc1OCC. The third-order valence-electron chi connectivity index (χ3n) is 3.97. The molecule has 0 aliphatic rings. The van der Waals surface area contributed by atoms with Crippen molar-refractivity contribution in [3.05, 3.63) is 57.8 Å². The van der Waals surface area contributed by atoms with Crippen molar-refractivity contribution in [2.75, 3.05) is 18.6 Å². The summed E-state index contributed by atoms with van der Waals surface area (Å²) in [5.41, 5.74) is 5.20. The van der Waals surface area contributed by atoms with Crippen molar-refractivity contribution in [3.63, 3.8) is 0 Å². The fourth-order valence-corrected chi connectivity index (χ4v) is 3.21. The first-order valence-corrected chi connectivity index (χ1v) is 9.97. The lowest BCUT2D eigenvalue weighted by molar-refractivity contribution is 0.277. The van der Waals surface area contributed by atoms with Crippen LogP contribution < -0.4 is 14.9 Å². The van der Waals surface area contributed by atoms with Crippen LogP contribution in [0, 0.1) is 4.77 Å². The minimum Gasteiger partial charge on any atom is -0.490 e. The number of benzene rings is 2. The minimum atomic E-state index is 0.484. The van der Waals surface area contributed by atoms with E-state index in [9.17, 15) is 0 Å². The van der Waals surface area contributed by atoms with Crippen molar-refractivity contribution in [1.82, 2.24) is 14.9 Å². The summed E-state index contributed by atoms with van der Waals surface area (Å²) in [6.07, 6.45) is 0.895. The van der Waals surface area contributed by atoms with E-state index < -0.39 is 0 Å². The Labute approximate surface area is 174 Å². The topological polar surface area (TPSA) is 64.1 Å². The molecule has 8 heteroatoms. The van der Waals surface area contributed by atoms with Gasteiger partial charge in [-0.05, 0) is 43.3 Å². The van der Waals surface area contributed by atoms with Crippen molar-refractivity contribution < 1.29 is 9.47 Å². The lowest BCUT2D eigenvalue weighted by Gasteiger charge is -2.16. The van der Waals surface area contributed by atoms with Crippen molar-refractivity contribution >= 4 is 23.8 Å². The lowest BCUT2D eigenvalue weighted by atomic mass is 10.2. The summed E-state index contributed by atoms with van der Waals surface area (Å²) in [7, 11) is 0. The highest BCUT2D eigenvalue weighted by Crippen LogP contribution is 2.37. The molecular weight excluding hydrogens is 396 g/mol. The Bertz CT molecular complexity index is 972. The average molecular weight is 419 g/mol. The summed E-state index contributed by atoms with van der Waals surface area (Å²) >= 11 is 11.8. The molecule has 0 saturated carbocycles. The van der Waals surface area contributed by atoms with Crippen LogP contribution in [-0.2, 0) is 6.54 Å². The second kappa shape index (κ2) is 9.61. The van der Waals surface area contributed by atoms with E-state index in [4.69, 9.17) is 33.3 Å². The van der Waals surface area contributed by atoms with Gasteiger partial charge in [-0.1, -0.05) is 48.9 Å². The quantitative estimate of drug-likeness (QED) is 0.468. The van der Waals surface area contributed by atoms with E-state index in [0.717, 1.165) is 17.5 Å². The number of aromatic amines is 1. The molecule has 2 N–H and O–H groups in total. The predicted octanol–water partition coefficient (Wildman–Crippen LogP) is 5.19. The van der Waals surface area contributed by atoms with E-state index in [2.05, 4.69) is 15.6 Å². The molecule has 3 rings (SSSR count). The van der Waals surface area contributed by atoms with Crippen LogP contribution in [0.15, 0.2) is 42.5 Å². The van der Waals surface area contributed by atoms with Gasteiger partial charge in [-0.2, -0.15) is 5.10 Å². The molecule has 1 heterocycles. The van der Waals surface area contributed by atoms with E-state index in [1.54, 1.807) is 4.68 Å². The molecule has 148 valence electrons. The zero-order valence-electron chi connectivity index (χ0n) is 15.9. The van der Waals surface area contributed by atoms with E-state index in [1.807, 2.05) is 56.3 Å². The molecular formula is C20H23ClN4O2S. The molecule has 0 atom stereocenters. The molecule has 2 aromatic carbocycles. The third kappa shape index (κ3) is 4.66. The maximum Gasteiger partial charge on any atom is 0.214 e. The van der Waals surface area contributed by atoms with Crippen LogP contribution in [-0.4, -0.2) is 28.1 Å². The van der Waals surface area contributed by atoms with Crippen molar-refractivity contribution in [3.8, 4) is 22.9 Å². The molecule has 28 heavy (non-hydrogen) atoms. The number of hydrogen-bond acceptors (Lipinski definition) is 5. The summed E-state index contributed by atoms with van der Waals surface area (Å²) in [6, 6.07) is 13.6. The van der Waals surface area contributed by atoms with Crippen LogP contribution >= 0.6 is 23.8 Å². The van der Waals surface area contributed by atoms with Gasteiger partial charge in [-0.25, -0.2) is 9.77 Å².